The van der Waals surface area contributed by atoms with Crippen LogP contribution >= 0.6 is 0 Å². The smallest absolute Gasteiger partial charge is 0.253 e. The Kier molecular flexibility index (Phi) is 6.36. The summed E-state index contributed by atoms with van der Waals surface area (Å²) in [5, 5.41) is 2.93. The van der Waals surface area contributed by atoms with Crippen LogP contribution in [0.1, 0.15) is 41.6 Å². The van der Waals surface area contributed by atoms with Gasteiger partial charge in [0, 0.05) is 31.9 Å². The Labute approximate surface area is 154 Å². The molecule has 1 fully saturated rings. The summed E-state index contributed by atoms with van der Waals surface area (Å²) in [6, 6.07) is 12.7. The molecule has 0 bridgehead atoms. The van der Waals surface area contributed by atoms with E-state index in [2.05, 4.69) is 10.3 Å². The third-order valence-electron chi connectivity index (χ3n) is 4.73. The van der Waals surface area contributed by atoms with Crippen LogP contribution < -0.4 is 5.32 Å². The van der Waals surface area contributed by atoms with E-state index in [-0.39, 0.29) is 11.8 Å². The van der Waals surface area contributed by atoms with Crippen LogP contribution in [0.25, 0.3) is 0 Å². The second-order valence-corrected chi connectivity index (χ2v) is 6.70. The number of carbonyl (C=O) groups is 2. The van der Waals surface area contributed by atoms with Crippen LogP contribution in [0.15, 0.2) is 54.9 Å². The summed E-state index contributed by atoms with van der Waals surface area (Å²) in [5.41, 5.74) is 1.50. The minimum atomic E-state index is -0.566. The highest BCUT2D eigenvalue weighted by Crippen LogP contribution is 2.13. The topological polar surface area (TPSA) is 62.3 Å². The highest BCUT2D eigenvalue weighted by atomic mass is 16.2. The SMILES string of the molecule is O=C(N[C@@H](Cc1ccccc1)C(=O)N1CCCCCC1)c1cccnc1. The molecule has 1 aliphatic rings. The first-order chi connectivity index (χ1) is 12.7. The lowest BCUT2D eigenvalue weighted by molar-refractivity contribution is -0.133. The molecule has 5 nitrogen and oxygen atoms in total. The number of nitrogens with one attached hydrogen (secondary N) is 1. The fourth-order valence-electron chi connectivity index (χ4n) is 3.30. The van der Waals surface area contributed by atoms with Crippen molar-refractivity contribution in [3.63, 3.8) is 0 Å². The van der Waals surface area contributed by atoms with Gasteiger partial charge in [-0.1, -0.05) is 43.2 Å². The molecule has 1 aromatic carbocycles. The molecule has 0 radical (unpaired) electrons. The van der Waals surface area contributed by atoms with Gasteiger partial charge in [-0.15, -0.1) is 0 Å². The zero-order valence-corrected chi connectivity index (χ0v) is 14.9. The summed E-state index contributed by atoms with van der Waals surface area (Å²) >= 11 is 0. The highest BCUT2D eigenvalue weighted by molar-refractivity contribution is 5.97. The number of pyridine rings is 1. The molecule has 2 heterocycles. The van der Waals surface area contributed by atoms with Crippen molar-refractivity contribution < 1.29 is 9.59 Å². The Morgan fingerprint density at radius 1 is 1.00 bits per heavy atom. The lowest BCUT2D eigenvalue weighted by atomic mass is 10.0. The van der Waals surface area contributed by atoms with Gasteiger partial charge >= 0.3 is 0 Å². The second kappa shape index (κ2) is 9.13. The van der Waals surface area contributed by atoms with Gasteiger partial charge in [-0.2, -0.15) is 0 Å². The summed E-state index contributed by atoms with van der Waals surface area (Å²) in [5.74, 6) is -0.254. The highest BCUT2D eigenvalue weighted by Gasteiger charge is 2.27. The number of likely N-dealkylation sites (tertiary alicyclic amines) is 1. The molecule has 0 unspecified atom stereocenters. The maximum absolute atomic E-state index is 13.1. The number of nitrogens with zero attached hydrogens (tertiary/aromatic N) is 2. The van der Waals surface area contributed by atoms with E-state index in [0.717, 1.165) is 44.3 Å². The van der Waals surface area contributed by atoms with Crippen molar-refractivity contribution in [2.24, 2.45) is 0 Å². The number of amides is 2. The summed E-state index contributed by atoms with van der Waals surface area (Å²) in [6.07, 6.45) is 8.01. The lowest BCUT2D eigenvalue weighted by Gasteiger charge is -2.27. The minimum Gasteiger partial charge on any atom is -0.341 e. The minimum absolute atomic E-state index is 0.00740. The average molecular weight is 351 g/mol. The number of hydrogen-bond donors (Lipinski definition) is 1. The number of benzene rings is 1. The number of hydrogen-bond acceptors (Lipinski definition) is 3. The fraction of sp³-hybridized carbons (Fsp3) is 0.381. The fourth-order valence-corrected chi connectivity index (χ4v) is 3.30. The van der Waals surface area contributed by atoms with Gasteiger partial charge < -0.3 is 10.2 Å². The Bertz CT molecular complexity index is 711. The van der Waals surface area contributed by atoms with Crippen molar-refractivity contribution in [1.82, 2.24) is 15.2 Å². The van der Waals surface area contributed by atoms with Gasteiger partial charge in [0.25, 0.3) is 5.91 Å². The quantitative estimate of drug-likeness (QED) is 0.901. The van der Waals surface area contributed by atoms with Crippen molar-refractivity contribution in [3.05, 3.63) is 66.0 Å². The van der Waals surface area contributed by atoms with Gasteiger partial charge in [0.1, 0.15) is 6.04 Å². The molecule has 1 atom stereocenters. The van der Waals surface area contributed by atoms with E-state index in [9.17, 15) is 9.59 Å². The maximum Gasteiger partial charge on any atom is 0.253 e. The molecule has 136 valence electrons. The van der Waals surface area contributed by atoms with Crippen molar-refractivity contribution >= 4 is 11.8 Å². The van der Waals surface area contributed by atoms with Crippen LogP contribution in [-0.4, -0.2) is 40.8 Å². The van der Waals surface area contributed by atoms with E-state index in [0.29, 0.717) is 12.0 Å². The van der Waals surface area contributed by atoms with Crippen LogP contribution in [0.3, 0.4) is 0 Å². The second-order valence-electron chi connectivity index (χ2n) is 6.70. The molecular weight excluding hydrogens is 326 g/mol. The molecule has 1 aliphatic heterocycles. The van der Waals surface area contributed by atoms with E-state index in [1.807, 2.05) is 35.2 Å². The maximum atomic E-state index is 13.1. The first kappa shape index (κ1) is 18.1. The predicted molar refractivity (Wildman–Crippen MR) is 101 cm³/mol. The standard InChI is InChI=1S/C21H25N3O2/c25-20(18-11-8-12-22-16-18)23-19(15-17-9-4-3-5-10-17)21(26)24-13-6-1-2-7-14-24/h3-5,8-12,16,19H,1-2,6-7,13-15H2,(H,23,25)/t19-/m0/s1. The van der Waals surface area contributed by atoms with Gasteiger partial charge in [0.15, 0.2) is 0 Å². The van der Waals surface area contributed by atoms with Crippen LogP contribution in [0.5, 0.6) is 0 Å². The molecular formula is C21H25N3O2. The molecule has 2 aromatic rings. The van der Waals surface area contributed by atoms with Crippen molar-refractivity contribution in [3.8, 4) is 0 Å². The normalized spacial score (nSPS) is 15.8. The van der Waals surface area contributed by atoms with Gasteiger partial charge in [0.2, 0.25) is 5.91 Å². The van der Waals surface area contributed by atoms with Crippen LogP contribution in [0, 0.1) is 0 Å². The third-order valence-corrected chi connectivity index (χ3v) is 4.73. The van der Waals surface area contributed by atoms with E-state index in [1.54, 1.807) is 18.3 Å². The molecule has 5 heteroatoms. The molecule has 0 saturated carbocycles. The lowest BCUT2D eigenvalue weighted by Crippen LogP contribution is -2.50. The first-order valence-corrected chi connectivity index (χ1v) is 9.27. The molecule has 1 saturated heterocycles. The van der Waals surface area contributed by atoms with Crippen molar-refractivity contribution in [2.75, 3.05) is 13.1 Å². The molecule has 3 rings (SSSR count). The number of aromatic nitrogens is 1. The van der Waals surface area contributed by atoms with E-state index in [1.165, 1.54) is 6.20 Å². The number of carbonyl (C=O) groups excluding carboxylic acids is 2. The Morgan fingerprint density at radius 3 is 2.38 bits per heavy atom. The Morgan fingerprint density at radius 2 is 1.73 bits per heavy atom. The molecule has 0 aliphatic carbocycles. The van der Waals surface area contributed by atoms with E-state index < -0.39 is 6.04 Å². The largest absolute Gasteiger partial charge is 0.341 e. The Balaban J connectivity index is 1.76. The van der Waals surface area contributed by atoms with E-state index >= 15 is 0 Å². The molecule has 26 heavy (non-hydrogen) atoms. The molecule has 1 N–H and O–H groups in total. The zero-order chi connectivity index (χ0) is 18.2. The molecule has 2 amide bonds. The van der Waals surface area contributed by atoms with Crippen LogP contribution in [-0.2, 0) is 11.2 Å². The first-order valence-electron chi connectivity index (χ1n) is 9.27. The molecule has 0 spiro atoms. The van der Waals surface area contributed by atoms with Gasteiger partial charge in [0.05, 0.1) is 5.56 Å². The van der Waals surface area contributed by atoms with Crippen molar-refractivity contribution in [1.29, 1.82) is 0 Å². The number of rotatable bonds is 5. The summed E-state index contributed by atoms with van der Waals surface area (Å²) in [6.45, 7) is 1.54. The van der Waals surface area contributed by atoms with Crippen LogP contribution in [0.4, 0.5) is 0 Å². The third kappa shape index (κ3) is 4.91. The zero-order valence-electron chi connectivity index (χ0n) is 14.9. The van der Waals surface area contributed by atoms with Gasteiger partial charge in [-0.25, -0.2) is 0 Å². The van der Waals surface area contributed by atoms with Gasteiger partial charge in [-0.3, -0.25) is 14.6 Å². The average Bonchev–Trinajstić information content (AvgIpc) is 2.98. The van der Waals surface area contributed by atoms with Crippen molar-refractivity contribution in [2.45, 2.75) is 38.1 Å². The van der Waals surface area contributed by atoms with Crippen LogP contribution in [0.2, 0.25) is 0 Å². The monoisotopic (exact) mass is 351 g/mol. The summed E-state index contributed by atoms with van der Waals surface area (Å²) in [7, 11) is 0. The predicted octanol–water partition coefficient (Wildman–Crippen LogP) is 2.83. The van der Waals surface area contributed by atoms with Gasteiger partial charge in [-0.05, 0) is 30.5 Å². The Hall–Kier alpha value is -2.69. The summed E-state index contributed by atoms with van der Waals surface area (Å²) < 4.78 is 0. The summed E-state index contributed by atoms with van der Waals surface area (Å²) in [4.78, 5) is 31.6. The van der Waals surface area contributed by atoms with E-state index in [4.69, 9.17) is 0 Å². The molecule has 1 aromatic heterocycles.